The van der Waals surface area contributed by atoms with Gasteiger partial charge >= 0.3 is 0 Å². The van der Waals surface area contributed by atoms with Crippen molar-refractivity contribution in [1.29, 1.82) is 0 Å². The monoisotopic (exact) mass is 283 g/mol. The van der Waals surface area contributed by atoms with Crippen molar-refractivity contribution in [2.24, 2.45) is 0 Å². The van der Waals surface area contributed by atoms with Crippen LogP contribution in [0.4, 0.5) is 0 Å². The van der Waals surface area contributed by atoms with Gasteiger partial charge in [-0.05, 0) is 38.8 Å². The molecular weight excluding hydrogens is 250 g/mol. The molecule has 118 valence electrons. The number of hydrogen-bond acceptors (Lipinski definition) is 3. The SMILES string of the molecule is CCCN(CCC)C(=O)CN(CC)CC1CCCCN1. The fourth-order valence-electron chi connectivity index (χ4n) is 2.89. The third-order valence-electron chi connectivity index (χ3n) is 4.04. The minimum Gasteiger partial charge on any atom is -0.342 e. The van der Waals surface area contributed by atoms with Gasteiger partial charge in [0.15, 0.2) is 0 Å². The minimum atomic E-state index is 0.298. The van der Waals surface area contributed by atoms with E-state index in [1.54, 1.807) is 0 Å². The largest absolute Gasteiger partial charge is 0.342 e. The number of nitrogens with one attached hydrogen (secondary N) is 1. The molecule has 4 nitrogen and oxygen atoms in total. The highest BCUT2D eigenvalue weighted by atomic mass is 16.2. The molecule has 0 bridgehead atoms. The molecule has 1 amide bonds. The van der Waals surface area contributed by atoms with Crippen LogP contribution in [-0.2, 0) is 4.79 Å². The van der Waals surface area contributed by atoms with E-state index < -0.39 is 0 Å². The van der Waals surface area contributed by atoms with E-state index in [1.165, 1.54) is 19.3 Å². The van der Waals surface area contributed by atoms with E-state index in [2.05, 4.69) is 31.0 Å². The molecule has 1 fully saturated rings. The van der Waals surface area contributed by atoms with Gasteiger partial charge in [0.05, 0.1) is 6.54 Å². The first-order valence-electron chi connectivity index (χ1n) is 8.44. The summed E-state index contributed by atoms with van der Waals surface area (Å²) in [5.41, 5.74) is 0. The molecule has 1 aliphatic rings. The lowest BCUT2D eigenvalue weighted by atomic mass is 10.0. The third-order valence-corrected chi connectivity index (χ3v) is 4.04. The number of hydrogen-bond donors (Lipinski definition) is 1. The first-order chi connectivity index (χ1) is 9.71. The van der Waals surface area contributed by atoms with Gasteiger partial charge in [-0.25, -0.2) is 0 Å². The number of likely N-dealkylation sites (N-methyl/N-ethyl adjacent to an activating group) is 1. The van der Waals surface area contributed by atoms with Crippen molar-refractivity contribution in [2.45, 2.75) is 58.9 Å². The molecule has 0 aliphatic carbocycles. The Morgan fingerprint density at radius 2 is 1.85 bits per heavy atom. The van der Waals surface area contributed by atoms with Crippen LogP contribution in [0.15, 0.2) is 0 Å². The van der Waals surface area contributed by atoms with Gasteiger partial charge in [-0.2, -0.15) is 0 Å². The highest BCUT2D eigenvalue weighted by Gasteiger charge is 2.19. The zero-order valence-electron chi connectivity index (χ0n) is 13.7. The van der Waals surface area contributed by atoms with Crippen LogP contribution in [0.3, 0.4) is 0 Å². The van der Waals surface area contributed by atoms with Crippen LogP contribution in [0, 0.1) is 0 Å². The Balaban J connectivity index is 2.41. The maximum Gasteiger partial charge on any atom is 0.236 e. The molecule has 0 aromatic rings. The number of carbonyl (C=O) groups is 1. The molecule has 4 heteroatoms. The number of amides is 1. The summed E-state index contributed by atoms with van der Waals surface area (Å²) in [5, 5.41) is 3.57. The predicted octanol–water partition coefficient (Wildman–Crippen LogP) is 2.10. The summed E-state index contributed by atoms with van der Waals surface area (Å²) in [6.45, 7) is 11.9. The average molecular weight is 283 g/mol. The molecule has 20 heavy (non-hydrogen) atoms. The van der Waals surface area contributed by atoms with Gasteiger partial charge in [0.1, 0.15) is 0 Å². The zero-order chi connectivity index (χ0) is 14.8. The second-order valence-electron chi connectivity index (χ2n) is 5.86. The van der Waals surface area contributed by atoms with Gasteiger partial charge in [0.25, 0.3) is 0 Å². The molecule has 1 rings (SSSR count). The summed E-state index contributed by atoms with van der Waals surface area (Å²) >= 11 is 0. The number of nitrogens with zero attached hydrogens (tertiary/aromatic N) is 2. The molecule has 1 N–H and O–H groups in total. The molecule has 0 saturated carbocycles. The highest BCUT2D eigenvalue weighted by Crippen LogP contribution is 2.09. The Bertz CT molecular complexity index is 258. The predicted molar refractivity (Wildman–Crippen MR) is 84.9 cm³/mol. The van der Waals surface area contributed by atoms with E-state index in [4.69, 9.17) is 0 Å². The molecule has 0 radical (unpaired) electrons. The van der Waals surface area contributed by atoms with E-state index in [9.17, 15) is 4.79 Å². The molecule has 0 spiro atoms. The van der Waals surface area contributed by atoms with Gasteiger partial charge in [0.2, 0.25) is 5.91 Å². The maximum atomic E-state index is 12.4. The van der Waals surface area contributed by atoms with Crippen LogP contribution in [0.25, 0.3) is 0 Å². The molecular formula is C16H33N3O. The standard InChI is InChI=1S/C16H33N3O/c1-4-11-19(12-5-2)16(20)14-18(6-3)13-15-9-7-8-10-17-15/h15,17H,4-14H2,1-3H3. The Morgan fingerprint density at radius 1 is 1.15 bits per heavy atom. The second kappa shape index (κ2) is 10.2. The Morgan fingerprint density at radius 3 is 2.35 bits per heavy atom. The van der Waals surface area contributed by atoms with E-state index in [1.807, 2.05) is 4.90 Å². The van der Waals surface area contributed by atoms with Crippen LogP contribution in [-0.4, -0.2) is 61.0 Å². The molecule has 1 saturated heterocycles. The lowest BCUT2D eigenvalue weighted by molar-refractivity contribution is -0.132. The smallest absolute Gasteiger partial charge is 0.236 e. The fourth-order valence-corrected chi connectivity index (χ4v) is 2.89. The quantitative estimate of drug-likeness (QED) is 0.704. The topological polar surface area (TPSA) is 35.6 Å². The lowest BCUT2D eigenvalue weighted by Crippen LogP contribution is -2.47. The second-order valence-corrected chi connectivity index (χ2v) is 5.86. The molecule has 1 unspecified atom stereocenters. The maximum absolute atomic E-state index is 12.4. The van der Waals surface area contributed by atoms with Gasteiger partial charge in [-0.1, -0.05) is 27.2 Å². The van der Waals surface area contributed by atoms with E-state index in [0.29, 0.717) is 18.5 Å². The summed E-state index contributed by atoms with van der Waals surface area (Å²) in [4.78, 5) is 16.7. The lowest BCUT2D eigenvalue weighted by Gasteiger charge is -2.31. The first-order valence-corrected chi connectivity index (χ1v) is 8.44. The van der Waals surface area contributed by atoms with Crippen molar-refractivity contribution in [3.05, 3.63) is 0 Å². The van der Waals surface area contributed by atoms with E-state index in [-0.39, 0.29) is 0 Å². The Hall–Kier alpha value is -0.610. The summed E-state index contributed by atoms with van der Waals surface area (Å²) < 4.78 is 0. The highest BCUT2D eigenvalue weighted by molar-refractivity contribution is 5.78. The van der Waals surface area contributed by atoms with Crippen LogP contribution >= 0.6 is 0 Å². The zero-order valence-corrected chi connectivity index (χ0v) is 13.7. The molecule has 0 aromatic heterocycles. The van der Waals surface area contributed by atoms with Crippen LogP contribution in [0.2, 0.25) is 0 Å². The first kappa shape index (κ1) is 17.4. The van der Waals surface area contributed by atoms with Crippen molar-refractivity contribution >= 4 is 5.91 Å². The average Bonchev–Trinajstić information content (AvgIpc) is 2.47. The van der Waals surface area contributed by atoms with Gasteiger partial charge in [-0.3, -0.25) is 9.69 Å². The van der Waals surface area contributed by atoms with E-state index >= 15 is 0 Å². The Kier molecular flexibility index (Phi) is 8.86. The summed E-state index contributed by atoms with van der Waals surface area (Å²) in [6, 6.07) is 0.572. The van der Waals surface area contributed by atoms with Gasteiger partial charge < -0.3 is 10.2 Å². The van der Waals surface area contributed by atoms with Gasteiger partial charge in [0, 0.05) is 25.7 Å². The number of piperidine rings is 1. The number of rotatable bonds is 9. The van der Waals surface area contributed by atoms with Crippen molar-refractivity contribution in [3.8, 4) is 0 Å². The summed E-state index contributed by atoms with van der Waals surface area (Å²) in [6.07, 6.45) is 5.95. The van der Waals surface area contributed by atoms with Gasteiger partial charge in [-0.15, -0.1) is 0 Å². The molecule has 1 heterocycles. The van der Waals surface area contributed by atoms with Crippen LogP contribution in [0.1, 0.15) is 52.9 Å². The minimum absolute atomic E-state index is 0.298. The van der Waals surface area contributed by atoms with Crippen molar-refractivity contribution in [1.82, 2.24) is 15.1 Å². The molecule has 0 aromatic carbocycles. The van der Waals surface area contributed by atoms with Crippen molar-refractivity contribution in [2.75, 3.05) is 39.3 Å². The number of carbonyl (C=O) groups excluding carboxylic acids is 1. The van der Waals surface area contributed by atoms with Crippen molar-refractivity contribution < 1.29 is 4.79 Å². The van der Waals surface area contributed by atoms with E-state index in [0.717, 1.165) is 45.6 Å². The fraction of sp³-hybridized carbons (Fsp3) is 0.938. The van der Waals surface area contributed by atoms with Crippen LogP contribution < -0.4 is 5.32 Å². The Labute approximate surface area is 124 Å². The third kappa shape index (κ3) is 6.23. The summed E-state index contributed by atoms with van der Waals surface area (Å²) in [5.74, 6) is 0.298. The van der Waals surface area contributed by atoms with Crippen LogP contribution in [0.5, 0.6) is 0 Å². The summed E-state index contributed by atoms with van der Waals surface area (Å²) in [7, 11) is 0. The normalized spacial score (nSPS) is 19.3. The molecule has 1 aliphatic heterocycles. The van der Waals surface area contributed by atoms with Crippen molar-refractivity contribution in [3.63, 3.8) is 0 Å². The molecule has 1 atom stereocenters.